The van der Waals surface area contributed by atoms with Gasteiger partial charge in [-0.1, -0.05) is 26.0 Å². The molecule has 0 bridgehead atoms. The predicted molar refractivity (Wildman–Crippen MR) is 126 cm³/mol. The van der Waals surface area contributed by atoms with Crippen molar-refractivity contribution in [3.8, 4) is 17.1 Å². The quantitative estimate of drug-likeness (QED) is 0.489. The van der Waals surface area contributed by atoms with Crippen LogP contribution in [0.2, 0.25) is 0 Å². The Morgan fingerprint density at radius 3 is 2.76 bits per heavy atom. The van der Waals surface area contributed by atoms with Crippen molar-refractivity contribution >= 4 is 22.8 Å². The van der Waals surface area contributed by atoms with Crippen molar-refractivity contribution < 1.29 is 19.4 Å². The number of anilines is 1. The minimum absolute atomic E-state index is 0.0249. The molecule has 2 atom stereocenters. The SMILES string of the molecule is Cc1ccc2c(N3CC[C@H](C(CC(C)C)NC(=O)O)C3)nc(-c3c(O)cccc3F)nc2c1. The molecule has 8 heteroatoms. The lowest BCUT2D eigenvalue weighted by Crippen LogP contribution is -2.41. The second kappa shape index (κ2) is 9.21. The maximum atomic E-state index is 14.6. The highest BCUT2D eigenvalue weighted by atomic mass is 19.1. The van der Waals surface area contributed by atoms with Crippen molar-refractivity contribution in [2.45, 2.75) is 39.7 Å². The van der Waals surface area contributed by atoms with Crippen molar-refractivity contribution in [1.82, 2.24) is 15.3 Å². The van der Waals surface area contributed by atoms with E-state index >= 15 is 0 Å². The van der Waals surface area contributed by atoms with Gasteiger partial charge in [0.2, 0.25) is 0 Å². The number of carbonyl (C=O) groups is 1. The third kappa shape index (κ3) is 4.84. The van der Waals surface area contributed by atoms with Crippen LogP contribution in [0.5, 0.6) is 5.75 Å². The van der Waals surface area contributed by atoms with Gasteiger partial charge < -0.3 is 20.4 Å². The monoisotopic (exact) mass is 452 g/mol. The van der Waals surface area contributed by atoms with E-state index in [9.17, 15) is 19.4 Å². The van der Waals surface area contributed by atoms with Crippen molar-refractivity contribution in [2.75, 3.05) is 18.0 Å². The van der Waals surface area contributed by atoms with Crippen LogP contribution in [0.3, 0.4) is 0 Å². The van der Waals surface area contributed by atoms with Gasteiger partial charge in [-0.15, -0.1) is 0 Å². The van der Waals surface area contributed by atoms with Crippen LogP contribution < -0.4 is 10.2 Å². The van der Waals surface area contributed by atoms with E-state index in [1.807, 2.05) is 25.1 Å². The van der Waals surface area contributed by atoms with Crippen LogP contribution in [-0.2, 0) is 0 Å². The van der Waals surface area contributed by atoms with Crippen LogP contribution in [0.4, 0.5) is 15.0 Å². The van der Waals surface area contributed by atoms with E-state index in [1.54, 1.807) is 0 Å². The lowest BCUT2D eigenvalue weighted by atomic mass is 9.91. The average Bonchev–Trinajstić information content (AvgIpc) is 3.22. The first-order chi connectivity index (χ1) is 15.7. The molecule has 1 fully saturated rings. The maximum Gasteiger partial charge on any atom is 0.404 e. The fraction of sp³-hybridized carbons (Fsp3) is 0.400. The lowest BCUT2D eigenvalue weighted by molar-refractivity contribution is 0.181. The van der Waals surface area contributed by atoms with Crippen molar-refractivity contribution in [2.24, 2.45) is 11.8 Å². The Balaban J connectivity index is 1.75. The van der Waals surface area contributed by atoms with Gasteiger partial charge in [-0.05, 0) is 61.4 Å². The number of rotatable bonds is 6. The molecule has 174 valence electrons. The number of phenols is 1. The Labute approximate surface area is 192 Å². The van der Waals surface area contributed by atoms with E-state index in [2.05, 4.69) is 29.0 Å². The molecule has 1 saturated heterocycles. The molecule has 0 aliphatic carbocycles. The molecular weight excluding hydrogens is 423 g/mol. The largest absolute Gasteiger partial charge is 0.507 e. The molecule has 1 amide bonds. The summed E-state index contributed by atoms with van der Waals surface area (Å²) in [5.74, 6) is 0.479. The average molecular weight is 453 g/mol. The zero-order valence-electron chi connectivity index (χ0n) is 19.0. The molecule has 1 aliphatic heterocycles. The minimum atomic E-state index is -1.01. The van der Waals surface area contributed by atoms with Crippen molar-refractivity contribution in [3.05, 3.63) is 47.8 Å². The number of nitrogens with one attached hydrogen (secondary N) is 1. The number of hydrogen-bond donors (Lipinski definition) is 3. The summed E-state index contributed by atoms with van der Waals surface area (Å²) < 4.78 is 14.6. The molecule has 2 heterocycles. The van der Waals surface area contributed by atoms with Gasteiger partial charge in [-0.3, -0.25) is 0 Å². The van der Waals surface area contributed by atoms with E-state index in [1.165, 1.54) is 18.2 Å². The summed E-state index contributed by atoms with van der Waals surface area (Å²) in [6.07, 6.45) is 0.553. The number of aryl methyl sites for hydroxylation is 1. The van der Waals surface area contributed by atoms with Crippen molar-refractivity contribution in [1.29, 1.82) is 0 Å². The molecule has 0 radical (unpaired) electrons. The fourth-order valence-electron chi connectivity index (χ4n) is 4.65. The zero-order valence-corrected chi connectivity index (χ0v) is 19.0. The first kappa shape index (κ1) is 22.8. The lowest BCUT2D eigenvalue weighted by Gasteiger charge is -2.26. The van der Waals surface area contributed by atoms with Crippen LogP contribution >= 0.6 is 0 Å². The fourth-order valence-corrected chi connectivity index (χ4v) is 4.65. The second-order valence-corrected chi connectivity index (χ2v) is 9.21. The zero-order chi connectivity index (χ0) is 23.7. The predicted octanol–water partition coefficient (Wildman–Crippen LogP) is 4.96. The van der Waals surface area contributed by atoms with Gasteiger partial charge >= 0.3 is 6.09 Å². The summed E-state index contributed by atoms with van der Waals surface area (Å²) in [5, 5.41) is 23.2. The molecule has 3 N–H and O–H groups in total. The maximum absolute atomic E-state index is 14.6. The Kier molecular flexibility index (Phi) is 6.35. The van der Waals surface area contributed by atoms with Gasteiger partial charge in [0.25, 0.3) is 0 Å². The molecule has 4 rings (SSSR count). The molecule has 3 aromatic rings. The number of hydrogen-bond acceptors (Lipinski definition) is 5. The third-order valence-corrected chi connectivity index (χ3v) is 6.17. The number of fused-ring (bicyclic) bond motifs is 1. The number of aromatic nitrogens is 2. The van der Waals surface area contributed by atoms with Crippen LogP contribution in [-0.4, -0.2) is 45.4 Å². The Bertz CT molecular complexity index is 1160. The van der Waals surface area contributed by atoms with E-state index in [0.29, 0.717) is 30.3 Å². The molecule has 33 heavy (non-hydrogen) atoms. The number of amides is 1. The van der Waals surface area contributed by atoms with Gasteiger partial charge in [0.15, 0.2) is 5.82 Å². The summed E-state index contributed by atoms with van der Waals surface area (Å²) in [5.41, 5.74) is 1.66. The van der Waals surface area contributed by atoms with Crippen molar-refractivity contribution in [3.63, 3.8) is 0 Å². The number of halogens is 1. The Morgan fingerprint density at radius 2 is 2.06 bits per heavy atom. The normalized spacial score (nSPS) is 17.0. The van der Waals surface area contributed by atoms with Crippen LogP contribution in [0.25, 0.3) is 22.3 Å². The van der Waals surface area contributed by atoms with Crippen LogP contribution in [0.15, 0.2) is 36.4 Å². The summed E-state index contributed by atoms with van der Waals surface area (Å²) in [6, 6.07) is 9.84. The Hall–Kier alpha value is -3.42. The second-order valence-electron chi connectivity index (χ2n) is 9.21. The number of aromatic hydroxyl groups is 1. The third-order valence-electron chi connectivity index (χ3n) is 6.17. The van der Waals surface area contributed by atoms with Gasteiger partial charge in [-0.25, -0.2) is 19.2 Å². The van der Waals surface area contributed by atoms with Crippen LogP contribution in [0.1, 0.15) is 32.3 Å². The molecule has 1 aliphatic rings. The highest BCUT2D eigenvalue weighted by Gasteiger charge is 2.33. The Morgan fingerprint density at radius 1 is 1.27 bits per heavy atom. The van der Waals surface area contributed by atoms with E-state index in [-0.39, 0.29) is 29.1 Å². The molecule has 1 unspecified atom stereocenters. The molecule has 2 aromatic carbocycles. The molecule has 1 aromatic heterocycles. The number of nitrogens with zero attached hydrogens (tertiary/aromatic N) is 3. The smallest absolute Gasteiger partial charge is 0.404 e. The van der Waals surface area contributed by atoms with E-state index in [0.717, 1.165) is 23.8 Å². The highest BCUT2D eigenvalue weighted by molar-refractivity contribution is 5.92. The van der Waals surface area contributed by atoms with Crippen LogP contribution in [0, 0.1) is 24.6 Å². The minimum Gasteiger partial charge on any atom is -0.507 e. The van der Waals surface area contributed by atoms with Gasteiger partial charge in [0.05, 0.1) is 11.1 Å². The van der Waals surface area contributed by atoms with Gasteiger partial charge in [0, 0.05) is 24.5 Å². The molecular formula is C25H29FN4O3. The molecule has 0 saturated carbocycles. The summed E-state index contributed by atoms with van der Waals surface area (Å²) in [7, 11) is 0. The number of benzene rings is 2. The standard InChI is InChI=1S/C25H29FN4O3/c1-14(2)11-19(28-25(32)33)16-9-10-30(13-16)24-17-8-7-15(3)12-20(17)27-23(29-24)22-18(26)5-4-6-21(22)31/h4-8,12,14,16,19,28,31H,9-11,13H2,1-3H3,(H,32,33)/t16-,19?/m0/s1. The molecule has 0 spiro atoms. The van der Waals surface area contributed by atoms with E-state index < -0.39 is 11.9 Å². The summed E-state index contributed by atoms with van der Waals surface area (Å²) in [6.45, 7) is 7.44. The van der Waals surface area contributed by atoms with Gasteiger partial charge in [-0.2, -0.15) is 0 Å². The summed E-state index contributed by atoms with van der Waals surface area (Å²) >= 11 is 0. The molecule has 7 nitrogen and oxygen atoms in total. The first-order valence-electron chi connectivity index (χ1n) is 11.2. The number of phenolic OH excluding ortho intramolecular Hbond substituents is 1. The van der Waals surface area contributed by atoms with E-state index in [4.69, 9.17) is 4.98 Å². The van der Waals surface area contributed by atoms with Gasteiger partial charge in [0.1, 0.15) is 17.4 Å². The first-order valence-corrected chi connectivity index (χ1v) is 11.2. The number of carboxylic acid groups (broad SMARTS) is 1. The summed E-state index contributed by atoms with van der Waals surface area (Å²) in [4.78, 5) is 22.7. The topological polar surface area (TPSA) is 98.6 Å². The highest BCUT2D eigenvalue weighted by Crippen LogP contribution is 2.36.